The Bertz CT molecular complexity index is 741. The van der Waals surface area contributed by atoms with Gasteiger partial charge >= 0.3 is 5.97 Å². The molecule has 1 aromatic carbocycles. The number of fused-ring (bicyclic) bond motifs is 1. The smallest absolute Gasteiger partial charge is 0.308 e. The van der Waals surface area contributed by atoms with Crippen LogP contribution in [0.3, 0.4) is 0 Å². The molecule has 0 N–H and O–H groups in total. The summed E-state index contributed by atoms with van der Waals surface area (Å²) in [6.45, 7) is 0.673. The zero-order chi connectivity index (χ0) is 17.1. The monoisotopic (exact) mass is 331 g/mol. The maximum atomic E-state index is 11.8. The molecule has 2 heterocycles. The molecule has 0 saturated carbocycles. The highest BCUT2D eigenvalue weighted by Gasteiger charge is 2.26. The predicted molar refractivity (Wildman–Crippen MR) is 87.0 cm³/mol. The van der Waals surface area contributed by atoms with Crippen LogP contribution in [0, 0.1) is 5.92 Å². The largest absolute Gasteiger partial charge is 0.497 e. The average molecular weight is 331 g/mol. The van der Waals surface area contributed by atoms with Crippen LogP contribution in [-0.4, -0.2) is 42.1 Å². The maximum absolute atomic E-state index is 11.8. The second-order valence-corrected chi connectivity index (χ2v) is 5.71. The SMILES string of the molecule is COC(=O)C1CCc2nnc(-c3ccc(OC)cc3OC)n2CC1. The Morgan fingerprint density at radius 3 is 2.71 bits per heavy atom. The van der Waals surface area contributed by atoms with Gasteiger partial charge in [0.05, 0.1) is 32.8 Å². The van der Waals surface area contributed by atoms with Crippen molar-refractivity contribution < 1.29 is 19.0 Å². The van der Waals surface area contributed by atoms with Gasteiger partial charge in [0.1, 0.15) is 17.3 Å². The van der Waals surface area contributed by atoms with Crippen LogP contribution >= 0.6 is 0 Å². The number of esters is 1. The van der Waals surface area contributed by atoms with Gasteiger partial charge in [-0.2, -0.15) is 0 Å². The van der Waals surface area contributed by atoms with Crippen molar-refractivity contribution in [3.8, 4) is 22.9 Å². The molecule has 7 nitrogen and oxygen atoms in total. The molecular formula is C17H21N3O4. The number of aromatic nitrogens is 3. The summed E-state index contributed by atoms with van der Waals surface area (Å²) in [6, 6.07) is 5.61. The van der Waals surface area contributed by atoms with E-state index in [9.17, 15) is 4.79 Å². The molecule has 2 aromatic rings. The highest BCUT2D eigenvalue weighted by Crippen LogP contribution is 2.34. The first-order valence-corrected chi connectivity index (χ1v) is 7.90. The Morgan fingerprint density at radius 2 is 2.00 bits per heavy atom. The van der Waals surface area contributed by atoms with Crippen LogP contribution in [0.25, 0.3) is 11.4 Å². The van der Waals surface area contributed by atoms with E-state index in [1.807, 2.05) is 18.2 Å². The summed E-state index contributed by atoms with van der Waals surface area (Å²) >= 11 is 0. The zero-order valence-corrected chi connectivity index (χ0v) is 14.1. The molecule has 0 spiro atoms. The lowest BCUT2D eigenvalue weighted by Crippen LogP contribution is -2.17. The minimum atomic E-state index is -0.155. The Morgan fingerprint density at radius 1 is 1.17 bits per heavy atom. The van der Waals surface area contributed by atoms with Crippen LogP contribution in [0.5, 0.6) is 11.5 Å². The van der Waals surface area contributed by atoms with Gasteiger partial charge in [-0.3, -0.25) is 4.79 Å². The molecule has 24 heavy (non-hydrogen) atoms. The summed E-state index contributed by atoms with van der Waals surface area (Å²) in [7, 11) is 4.66. The fourth-order valence-electron chi connectivity index (χ4n) is 3.07. The lowest BCUT2D eigenvalue weighted by Gasteiger charge is -2.13. The third-order valence-electron chi connectivity index (χ3n) is 4.43. The van der Waals surface area contributed by atoms with E-state index >= 15 is 0 Å². The van der Waals surface area contributed by atoms with Crippen LogP contribution in [0.15, 0.2) is 18.2 Å². The van der Waals surface area contributed by atoms with Gasteiger partial charge < -0.3 is 18.8 Å². The van der Waals surface area contributed by atoms with Gasteiger partial charge in [0.2, 0.25) is 0 Å². The van der Waals surface area contributed by atoms with Gasteiger partial charge in [-0.1, -0.05) is 0 Å². The lowest BCUT2D eigenvalue weighted by atomic mass is 10.0. The summed E-state index contributed by atoms with van der Waals surface area (Å²) in [5.74, 6) is 2.78. The topological polar surface area (TPSA) is 75.5 Å². The highest BCUT2D eigenvalue weighted by molar-refractivity contribution is 5.72. The molecule has 1 atom stereocenters. The summed E-state index contributed by atoms with van der Waals surface area (Å²) in [5.41, 5.74) is 0.855. The van der Waals surface area contributed by atoms with E-state index in [1.165, 1.54) is 7.11 Å². The van der Waals surface area contributed by atoms with E-state index in [2.05, 4.69) is 14.8 Å². The number of nitrogens with zero attached hydrogens (tertiary/aromatic N) is 3. The first kappa shape index (κ1) is 16.3. The molecule has 128 valence electrons. The Kier molecular flexibility index (Phi) is 4.69. The van der Waals surface area contributed by atoms with E-state index in [1.54, 1.807) is 14.2 Å². The van der Waals surface area contributed by atoms with E-state index in [-0.39, 0.29) is 11.9 Å². The Hall–Kier alpha value is -2.57. The number of aryl methyl sites for hydroxylation is 1. The van der Waals surface area contributed by atoms with Crippen molar-refractivity contribution in [2.45, 2.75) is 25.8 Å². The highest BCUT2D eigenvalue weighted by atomic mass is 16.5. The van der Waals surface area contributed by atoms with E-state index in [0.29, 0.717) is 25.1 Å². The van der Waals surface area contributed by atoms with Crippen LogP contribution in [0.4, 0.5) is 0 Å². The van der Waals surface area contributed by atoms with Crippen molar-refractivity contribution >= 4 is 5.97 Å². The van der Waals surface area contributed by atoms with Crippen molar-refractivity contribution in [2.24, 2.45) is 5.92 Å². The molecule has 7 heteroatoms. The molecular weight excluding hydrogens is 310 g/mol. The summed E-state index contributed by atoms with van der Waals surface area (Å²) in [5, 5.41) is 8.64. The van der Waals surface area contributed by atoms with E-state index < -0.39 is 0 Å². The number of carbonyl (C=O) groups excluding carboxylic acids is 1. The first-order valence-electron chi connectivity index (χ1n) is 7.90. The van der Waals surface area contributed by atoms with Gasteiger partial charge in [-0.25, -0.2) is 0 Å². The number of rotatable bonds is 4. The molecule has 0 amide bonds. The number of hydrogen-bond donors (Lipinski definition) is 0. The summed E-state index contributed by atoms with van der Waals surface area (Å²) in [6.07, 6.45) is 2.14. The number of methoxy groups -OCH3 is 3. The molecule has 1 aliphatic rings. The second kappa shape index (κ2) is 6.90. The van der Waals surface area contributed by atoms with Crippen molar-refractivity contribution in [3.05, 3.63) is 24.0 Å². The predicted octanol–water partition coefficient (Wildman–Crippen LogP) is 2.09. The molecule has 1 aliphatic heterocycles. The van der Waals surface area contributed by atoms with E-state index in [4.69, 9.17) is 14.2 Å². The third-order valence-corrected chi connectivity index (χ3v) is 4.43. The normalized spacial score (nSPS) is 16.9. The molecule has 3 rings (SSSR count). The van der Waals surface area contributed by atoms with Gasteiger partial charge in [-0.15, -0.1) is 10.2 Å². The quantitative estimate of drug-likeness (QED) is 0.799. The summed E-state index contributed by atoms with van der Waals surface area (Å²) < 4.78 is 17.7. The number of benzene rings is 1. The Balaban J connectivity index is 1.94. The van der Waals surface area contributed by atoms with Crippen LogP contribution in [0.2, 0.25) is 0 Å². The Labute approximate surface area is 140 Å². The van der Waals surface area contributed by atoms with Crippen molar-refractivity contribution in [2.75, 3.05) is 21.3 Å². The van der Waals surface area contributed by atoms with Gasteiger partial charge in [0, 0.05) is 19.0 Å². The number of hydrogen-bond acceptors (Lipinski definition) is 6. The molecule has 0 saturated heterocycles. The lowest BCUT2D eigenvalue weighted by molar-refractivity contribution is -0.145. The van der Waals surface area contributed by atoms with Gasteiger partial charge in [0.25, 0.3) is 0 Å². The minimum absolute atomic E-state index is 0.0951. The van der Waals surface area contributed by atoms with Crippen molar-refractivity contribution in [1.82, 2.24) is 14.8 Å². The third kappa shape index (κ3) is 2.93. The molecule has 1 aromatic heterocycles. The molecule has 0 bridgehead atoms. The van der Waals surface area contributed by atoms with Gasteiger partial charge in [-0.05, 0) is 25.0 Å². The number of carbonyl (C=O) groups is 1. The molecule has 0 fully saturated rings. The van der Waals surface area contributed by atoms with Gasteiger partial charge in [0.15, 0.2) is 5.82 Å². The van der Waals surface area contributed by atoms with Crippen LogP contribution < -0.4 is 9.47 Å². The second-order valence-electron chi connectivity index (χ2n) is 5.71. The minimum Gasteiger partial charge on any atom is -0.497 e. The fourth-order valence-corrected chi connectivity index (χ4v) is 3.07. The molecule has 1 unspecified atom stereocenters. The average Bonchev–Trinajstić information content (AvgIpc) is 2.91. The molecule has 0 radical (unpaired) electrons. The molecule has 0 aliphatic carbocycles. The summed E-state index contributed by atoms with van der Waals surface area (Å²) in [4.78, 5) is 11.8. The standard InChI is InChI=1S/C17H21N3O4/c1-22-12-5-6-13(14(10-12)23-2)16-19-18-15-7-4-11(17(21)24-3)8-9-20(15)16/h5-6,10-11H,4,7-9H2,1-3H3. The van der Waals surface area contributed by atoms with E-state index in [0.717, 1.165) is 29.4 Å². The first-order chi connectivity index (χ1) is 11.7. The maximum Gasteiger partial charge on any atom is 0.308 e. The van der Waals surface area contributed by atoms with Crippen LogP contribution in [0.1, 0.15) is 18.7 Å². The van der Waals surface area contributed by atoms with Crippen molar-refractivity contribution in [3.63, 3.8) is 0 Å². The van der Waals surface area contributed by atoms with Crippen LogP contribution in [-0.2, 0) is 22.5 Å². The number of ether oxygens (including phenoxy) is 3. The van der Waals surface area contributed by atoms with Crippen molar-refractivity contribution in [1.29, 1.82) is 0 Å². The fraction of sp³-hybridized carbons (Fsp3) is 0.471. The zero-order valence-electron chi connectivity index (χ0n) is 14.1.